The van der Waals surface area contributed by atoms with Crippen LogP contribution in [0.4, 0.5) is 17.1 Å². The predicted molar refractivity (Wildman–Crippen MR) is 112 cm³/mol. The number of para-hydroxylation sites is 1. The average molecular weight is 404 g/mol. The van der Waals surface area contributed by atoms with Gasteiger partial charge in [0.05, 0.1) is 19.1 Å². The van der Waals surface area contributed by atoms with Crippen LogP contribution in [0.15, 0.2) is 42.5 Å². The van der Waals surface area contributed by atoms with Gasteiger partial charge in [-0.1, -0.05) is 18.2 Å². The lowest BCUT2D eigenvalue weighted by Crippen LogP contribution is -2.44. The third kappa shape index (κ3) is 4.22. The van der Waals surface area contributed by atoms with Gasteiger partial charge < -0.3 is 15.0 Å². The number of hydrogen-bond donors (Lipinski definition) is 2. The second-order valence-electron chi connectivity index (χ2n) is 7.05. The number of hydrogen-bond acceptors (Lipinski definition) is 5. The number of rotatable bonds is 6. The maximum atomic E-state index is 13.1. The van der Waals surface area contributed by atoms with Crippen LogP contribution in [0.25, 0.3) is 0 Å². The van der Waals surface area contributed by atoms with Crippen molar-refractivity contribution in [3.63, 3.8) is 0 Å². The minimum absolute atomic E-state index is 0.0362. The first kappa shape index (κ1) is 20.0. The Morgan fingerprint density at radius 3 is 2.64 bits per heavy atom. The zero-order chi connectivity index (χ0) is 20.5. The van der Waals surface area contributed by atoms with E-state index in [-0.39, 0.29) is 11.9 Å². The number of nitrogens with zero attached hydrogens (tertiary/aromatic N) is 1. The Labute approximate surface area is 165 Å². The molecule has 28 heavy (non-hydrogen) atoms. The molecular formula is C20H25N3O4S. The van der Waals surface area contributed by atoms with E-state index in [2.05, 4.69) is 10.0 Å². The quantitative estimate of drug-likeness (QED) is 0.774. The molecule has 2 aromatic carbocycles. The van der Waals surface area contributed by atoms with Crippen LogP contribution in [0.1, 0.15) is 19.4 Å². The van der Waals surface area contributed by atoms with Crippen molar-refractivity contribution in [2.24, 2.45) is 0 Å². The molecule has 0 aromatic heterocycles. The largest absolute Gasteiger partial charge is 0.495 e. The number of amides is 1. The zero-order valence-corrected chi connectivity index (χ0v) is 17.2. The summed E-state index contributed by atoms with van der Waals surface area (Å²) >= 11 is 0. The number of fused-ring (bicyclic) bond motifs is 1. The van der Waals surface area contributed by atoms with E-state index in [4.69, 9.17) is 4.74 Å². The van der Waals surface area contributed by atoms with Gasteiger partial charge in [-0.25, -0.2) is 8.42 Å². The third-order valence-electron chi connectivity index (χ3n) is 4.69. The molecule has 0 aliphatic carbocycles. The van der Waals surface area contributed by atoms with Crippen molar-refractivity contribution in [3.05, 3.63) is 48.0 Å². The molecule has 1 aliphatic rings. The Hall–Kier alpha value is -2.74. The monoisotopic (exact) mass is 403 g/mol. The van der Waals surface area contributed by atoms with Crippen LogP contribution in [0.3, 0.4) is 0 Å². The normalized spacial score (nSPS) is 17.0. The molecule has 8 heteroatoms. The summed E-state index contributed by atoms with van der Waals surface area (Å²) in [5.74, 6) is 0.364. The van der Waals surface area contributed by atoms with Crippen molar-refractivity contribution in [2.75, 3.05) is 28.3 Å². The number of sulfonamides is 1. The van der Waals surface area contributed by atoms with Gasteiger partial charge in [0.2, 0.25) is 15.9 Å². The average Bonchev–Trinajstić information content (AvgIpc) is 2.95. The number of nitrogens with one attached hydrogen (secondary N) is 2. The van der Waals surface area contributed by atoms with Crippen LogP contribution in [0.5, 0.6) is 5.75 Å². The number of ether oxygens (including phenoxy) is 1. The van der Waals surface area contributed by atoms with Gasteiger partial charge in [-0.15, -0.1) is 0 Å². The van der Waals surface area contributed by atoms with E-state index >= 15 is 0 Å². The number of carbonyl (C=O) groups is 1. The molecule has 0 saturated carbocycles. The first-order valence-corrected chi connectivity index (χ1v) is 10.9. The lowest BCUT2D eigenvalue weighted by molar-refractivity contribution is -0.119. The van der Waals surface area contributed by atoms with Gasteiger partial charge in [0.25, 0.3) is 0 Å². The number of methoxy groups -OCH3 is 1. The summed E-state index contributed by atoms with van der Waals surface area (Å²) in [5, 5.41) is 3.17. The molecule has 0 saturated heterocycles. The van der Waals surface area contributed by atoms with Gasteiger partial charge in [0, 0.05) is 17.4 Å². The fourth-order valence-electron chi connectivity index (χ4n) is 3.50. The SMILES string of the molecule is COc1ccc(NC(C)C(=O)N2c3ccccc3CC2C)cc1NS(C)(=O)=O. The topological polar surface area (TPSA) is 87.7 Å². The fraction of sp³-hybridized carbons (Fsp3) is 0.350. The minimum atomic E-state index is -3.46. The first-order chi connectivity index (χ1) is 13.2. The van der Waals surface area contributed by atoms with Crippen molar-refractivity contribution < 1.29 is 17.9 Å². The first-order valence-electron chi connectivity index (χ1n) is 9.03. The van der Waals surface area contributed by atoms with Crippen LogP contribution in [-0.2, 0) is 21.2 Å². The summed E-state index contributed by atoms with van der Waals surface area (Å²) in [7, 11) is -1.99. The highest BCUT2D eigenvalue weighted by Gasteiger charge is 2.33. The Morgan fingerprint density at radius 1 is 1.25 bits per heavy atom. The molecule has 0 spiro atoms. The molecule has 2 aromatic rings. The van der Waals surface area contributed by atoms with E-state index in [1.54, 1.807) is 25.1 Å². The van der Waals surface area contributed by atoms with Crippen molar-refractivity contribution >= 4 is 33.0 Å². The van der Waals surface area contributed by atoms with Crippen molar-refractivity contribution in [3.8, 4) is 5.75 Å². The Balaban J connectivity index is 1.80. The summed E-state index contributed by atoms with van der Waals surface area (Å²) in [6, 6.07) is 12.5. The summed E-state index contributed by atoms with van der Waals surface area (Å²) in [4.78, 5) is 14.9. The number of anilines is 3. The van der Waals surface area contributed by atoms with Crippen molar-refractivity contribution in [1.82, 2.24) is 0 Å². The van der Waals surface area contributed by atoms with E-state index in [0.29, 0.717) is 17.1 Å². The molecule has 3 rings (SSSR count). The molecule has 150 valence electrons. The minimum Gasteiger partial charge on any atom is -0.495 e. The van der Waals surface area contributed by atoms with Gasteiger partial charge in [-0.3, -0.25) is 9.52 Å². The standard InChI is InChI=1S/C20H25N3O4S/c1-13-11-15-7-5-6-8-18(15)23(13)20(24)14(2)21-16-9-10-19(27-3)17(12-16)22-28(4,25)26/h5-10,12-14,21-22H,11H2,1-4H3. The lowest BCUT2D eigenvalue weighted by Gasteiger charge is -2.27. The van der Waals surface area contributed by atoms with Crippen LogP contribution >= 0.6 is 0 Å². The Morgan fingerprint density at radius 2 is 1.96 bits per heavy atom. The molecule has 1 aliphatic heterocycles. The lowest BCUT2D eigenvalue weighted by atomic mass is 10.1. The van der Waals surface area contributed by atoms with Gasteiger partial charge in [-0.2, -0.15) is 0 Å². The van der Waals surface area contributed by atoms with Crippen LogP contribution in [0.2, 0.25) is 0 Å². The smallest absolute Gasteiger partial charge is 0.249 e. The van der Waals surface area contributed by atoms with Gasteiger partial charge in [0.1, 0.15) is 11.8 Å². The van der Waals surface area contributed by atoms with E-state index in [0.717, 1.165) is 18.4 Å². The van der Waals surface area contributed by atoms with Crippen molar-refractivity contribution in [1.29, 1.82) is 0 Å². The van der Waals surface area contributed by atoms with Crippen molar-refractivity contribution in [2.45, 2.75) is 32.4 Å². The molecule has 2 unspecified atom stereocenters. The highest BCUT2D eigenvalue weighted by molar-refractivity contribution is 7.92. The molecule has 7 nitrogen and oxygen atoms in total. The van der Waals surface area contributed by atoms with Gasteiger partial charge in [-0.05, 0) is 50.1 Å². The Bertz CT molecular complexity index is 991. The summed E-state index contributed by atoms with van der Waals surface area (Å²) in [6.07, 6.45) is 1.91. The molecule has 1 amide bonds. The molecule has 0 radical (unpaired) electrons. The second kappa shape index (κ2) is 7.71. The molecule has 0 fully saturated rings. The van der Waals surface area contributed by atoms with E-state index in [1.807, 2.05) is 36.1 Å². The molecule has 2 atom stereocenters. The van der Waals surface area contributed by atoms with Crippen LogP contribution in [0, 0.1) is 0 Å². The maximum Gasteiger partial charge on any atom is 0.249 e. The highest BCUT2D eigenvalue weighted by Crippen LogP contribution is 2.33. The van der Waals surface area contributed by atoms with E-state index in [1.165, 1.54) is 12.7 Å². The highest BCUT2D eigenvalue weighted by atomic mass is 32.2. The number of carbonyl (C=O) groups excluding carboxylic acids is 1. The fourth-order valence-corrected chi connectivity index (χ4v) is 4.06. The molecular weight excluding hydrogens is 378 g/mol. The summed E-state index contributed by atoms with van der Waals surface area (Å²) < 4.78 is 30.8. The second-order valence-corrected chi connectivity index (χ2v) is 8.79. The van der Waals surface area contributed by atoms with E-state index < -0.39 is 16.1 Å². The predicted octanol–water partition coefficient (Wildman–Crippen LogP) is 2.84. The van der Waals surface area contributed by atoms with Gasteiger partial charge in [0.15, 0.2) is 0 Å². The van der Waals surface area contributed by atoms with Crippen LogP contribution in [-0.4, -0.2) is 39.8 Å². The molecule has 0 bridgehead atoms. The third-order valence-corrected chi connectivity index (χ3v) is 5.28. The Kier molecular flexibility index (Phi) is 5.51. The molecule has 1 heterocycles. The zero-order valence-electron chi connectivity index (χ0n) is 16.4. The maximum absolute atomic E-state index is 13.1. The van der Waals surface area contributed by atoms with Crippen LogP contribution < -0.4 is 19.7 Å². The van der Waals surface area contributed by atoms with Gasteiger partial charge >= 0.3 is 0 Å². The summed E-state index contributed by atoms with van der Waals surface area (Å²) in [6.45, 7) is 3.83. The molecule has 2 N–H and O–H groups in total. The van der Waals surface area contributed by atoms with E-state index in [9.17, 15) is 13.2 Å². The number of benzene rings is 2. The summed E-state index contributed by atoms with van der Waals surface area (Å²) in [5.41, 5.74) is 3.05.